The van der Waals surface area contributed by atoms with Crippen LogP contribution in [0.4, 0.5) is 0 Å². The minimum atomic E-state index is 0.300. The molecule has 1 heterocycles. The molecule has 1 saturated heterocycles. The molecule has 0 unspecified atom stereocenters. The molecule has 3 heteroatoms. The molecule has 0 aromatic rings. The molecule has 1 N–H and O–H groups in total. The average Bonchev–Trinajstić information content (AvgIpc) is 2.18. The second-order valence-corrected chi connectivity index (χ2v) is 3.87. The van der Waals surface area contributed by atoms with E-state index < -0.39 is 0 Å². The Labute approximate surface area is 81.3 Å². The number of rotatable bonds is 4. The van der Waals surface area contributed by atoms with E-state index in [-0.39, 0.29) is 0 Å². The molecule has 0 radical (unpaired) electrons. The van der Waals surface area contributed by atoms with Crippen LogP contribution in [0.15, 0.2) is 0 Å². The van der Waals surface area contributed by atoms with E-state index in [1.165, 1.54) is 12.8 Å². The lowest BCUT2D eigenvalue weighted by Crippen LogP contribution is -2.44. The van der Waals surface area contributed by atoms with E-state index in [0.29, 0.717) is 6.61 Å². The van der Waals surface area contributed by atoms with Crippen LogP contribution in [0, 0.1) is 0 Å². The highest BCUT2D eigenvalue weighted by Crippen LogP contribution is 2.14. The number of hydrogen-bond donors (Lipinski definition) is 1. The van der Waals surface area contributed by atoms with E-state index in [2.05, 4.69) is 23.8 Å². The van der Waals surface area contributed by atoms with Crippen LogP contribution in [0.5, 0.6) is 0 Å². The standard InChI is InChI=1S/C10H22N2O/c1-3-11(2)10-4-6-12(7-5-10)8-9-13/h10,13H,3-9H2,1-2H3. The fourth-order valence-corrected chi connectivity index (χ4v) is 1.98. The van der Waals surface area contributed by atoms with Gasteiger partial charge in [0.15, 0.2) is 0 Å². The maximum atomic E-state index is 8.79. The highest BCUT2D eigenvalue weighted by molar-refractivity contribution is 4.77. The molecular weight excluding hydrogens is 164 g/mol. The summed E-state index contributed by atoms with van der Waals surface area (Å²) in [7, 11) is 2.20. The van der Waals surface area contributed by atoms with Gasteiger partial charge in [-0.2, -0.15) is 0 Å². The fraction of sp³-hybridized carbons (Fsp3) is 1.00. The third kappa shape index (κ3) is 3.25. The van der Waals surface area contributed by atoms with E-state index in [1.807, 2.05) is 0 Å². The van der Waals surface area contributed by atoms with Crippen LogP contribution in [-0.2, 0) is 0 Å². The molecular formula is C10H22N2O. The minimum absolute atomic E-state index is 0.300. The summed E-state index contributed by atoms with van der Waals surface area (Å²) in [5, 5.41) is 8.79. The molecule has 0 atom stereocenters. The van der Waals surface area contributed by atoms with Crippen LogP contribution in [0.1, 0.15) is 19.8 Å². The van der Waals surface area contributed by atoms with Crippen LogP contribution in [-0.4, -0.2) is 60.8 Å². The van der Waals surface area contributed by atoms with Gasteiger partial charge in [0, 0.05) is 12.6 Å². The van der Waals surface area contributed by atoms with E-state index in [1.54, 1.807) is 0 Å². The number of hydrogen-bond acceptors (Lipinski definition) is 3. The smallest absolute Gasteiger partial charge is 0.0558 e. The van der Waals surface area contributed by atoms with Gasteiger partial charge in [0.05, 0.1) is 6.61 Å². The summed E-state index contributed by atoms with van der Waals surface area (Å²) in [4.78, 5) is 4.77. The van der Waals surface area contributed by atoms with Gasteiger partial charge in [-0.3, -0.25) is 0 Å². The van der Waals surface area contributed by atoms with Gasteiger partial charge in [0.2, 0.25) is 0 Å². The molecule has 1 aliphatic heterocycles. The lowest BCUT2D eigenvalue weighted by Gasteiger charge is -2.36. The molecule has 0 aliphatic carbocycles. The van der Waals surface area contributed by atoms with Crippen LogP contribution in [0.25, 0.3) is 0 Å². The molecule has 0 aromatic carbocycles. The van der Waals surface area contributed by atoms with Crippen LogP contribution < -0.4 is 0 Å². The Bertz CT molecular complexity index is 133. The third-order valence-electron chi connectivity index (χ3n) is 3.10. The first-order valence-corrected chi connectivity index (χ1v) is 5.31. The predicted octanol–water partition coefficient (Wildman–Crippen LogP) is 0.395. The Morgan fingerprint density at radius 2 is 2.00 bits per heavy atom. The van der Waals surface area contributed by atoms with Gasteiger partial charge in [-0.1, -0.05) is 6.92 Å². The average molecular weight is 186 g/mol. The van der Waals surface area contributed by atoms with Gasteiger partial charge in [-0.05, 0) is 39.5 Å². The molecule has 0 aromatic heterocycles. The normalized spacial score (nSPS) is 21.2. The molecule has 78 valence electrons. The highest BCUT2D eigenvalue weighted by Gasteiger charge is 2.20. The zero-order chi connectivity index (χ0) is 9.68. The van der Waals surface area contributed by atoms with Crippen molar-refractivity contribution in [3.63, 3.8) is 0 Å². The summed E-state index contributed by atoms with van der Waals surface area (Å²) in [6.07, 6.45) is 2.51. The van der Waals surface area contributed by atoms with E-state index in [9.17, 15) is 0 Å². The summed E-state index contributed by atoms with van der Waals surface area (Å²) in [6.45, 7) is 6.80. The Balaban J connectivity index is 2.22. The van der Waals surface area contributed by atoms with Crippen molar-refractivity contribution in [3.05, 3.63) is 0 Å². The first kappa shape index (κ1) is 11.0. The number of aliphatic hydroxyl groups is 1. The van der Waals surface area contributed by atoms with Gasteiger partial charge < -0.3 is 14.9 Å². The lowest BCUT2D eigenvalue weighted by molar-refractivity contribution is 0.114. The van der Waals surface area contributed by atoms with Crippen molar-refractivity contribution in [1.29, 1.82) is 0 Å². The maximum absolute atomic E-state index is 8.79. The van der Waals surface area contributed by atoms with Crippen molar-refractivity contribution < 1.29 is 5.11 Å². The van der Waals surface area contributed by atoms with Gasteiger partial charge in [-0.15, -0.1) is 0 Å². The van der Waals surface area contributed by atoms with E-state index >= 15 is 0 Å². The maximum Gasteiger partial charge on any atom is 0.0558 e. The summed E-state index contributed by atoms with van der Waals surface area (Å²) in [6, 6.07) is 0.764. The SMILES string of the molecule is CCN(C)C1CCN(CCO)CC1. The monoisotopic (exact) mass is 186 g/mol. The molecule has 0 spiro atoms. The lowest BCUT2D eigenvalue weighted by atomic mass is 10.0. The Morgan fingerprint density at radius 1 is 1.38 bits per heavy atom. The molecule has 0 bridgehead atoms. The Morgan fingerprint density at radius 3 is 2.46 bits per heavy atom. The minimum Gasteiger partial charge on any atom is -0.395 e. The van der Waals surface area contributed by atoms with Crippen molar-refractivity contribution in [2.45, 2.75) is 25.8 Å². The van der Waals surface area contributed by atoms with Crippen molar-refractivity contribution in [2.24, 2.45) is 0 Å². The first-order valence-electron chi connectivity index (χ1n) is 5.31. The molecule has 3 nitrogen and oxygen atoms in total. The van der Waals surface area contributed by atoms with Gasteiger partial charge >= 0.3 is 0 Å². The number of piperidine rings is 1. The second kappa shape index (κ2) is 5.58. The van der Waals surface area contributed by atoms with Crippen molar-refractivity contribution in [2.75, 3.05) is 39.8 Å². The molecule has 13 heavy (non-hydrogen) atoms. The number of aliphatic hydroxyl groups excluding tert-OH is 1. The zero-order valence-corrected chi connectivity index (χ0v) is 8.87. The molecule has 1 rings (SSSR count). The largest absolute Gasteiger partial charge is 0.395 e. The van der Waals surface area contributed by atoms with Crippen molar-refractivity contribution in [1.82, 2.24) is 9.80 Å². The fourth-order valence-electron chi connectivity index (χ4n) is 1.98. The molecule has 0 saturated carbocycles. The zero-order valence-electron chi connectivity index (χ0n) is 8.87. The Kier molecular flexibility index (Phi) is 4.70. The van der Waals surface area contributed by atoms with E-state index in [0.717, 1.165) is 32.2 Å². The van der Waals surface area contributed by atoms with Crippen LogP contribution in [0.3, 0.4) is 0 Å². The van der Waals surface area contributed by atoms with Gasteiger partial charge in [0.25, 0.3) is 0 Å². The second-order valence-electron chi connectivity index (χ2n) is 3.87. The highest BCUT2D eigenvalue weighted by atomic mass is 16.3. The molecule has 1 aliphatic rings. The predicted molar refractivity (Wildman–Crippen MR) is 54.9 cm³/mol. The molecule has 1 fully saturated rings. The number of likely N-dealkylation sites (tertiary alicyclic amines) is 1. The van der Waals surface area contributed by atoms with Crippen LogP contribution >= 0.6 is 0 Å². The van der Waals surface area contributed by atoms with Crippen molar-refractivity contribution in [3.8, 4) is 0 Å². The quantitative estimate of drug-likeness (QED) is 0.688. The summed E-state index contributed by atoms with van der Waals surface area (Å²) < 4.78 is 0. The van der Waals surface area contributed by atoms with Crippen molar-refractivity contribution >= 4 is 0 Å². The molecule has 0 amide bonds. The summed E-state index contributed by atoms with van der Waals surface area (Å²) >= 11 is 0. The number of β-amino-alcohol motifs (C(OH)–C–C–N with tert-alkyl or cyclic N) is 1. The van der Waals surface area contributed by atoms with Gasteiger partial charge in [0.1, 0.15) is 0 Å². The van der Waals surface area contributed by atoms with E-state index in [4.69, 9.17) is 5.11 Å². The summed E-state index contributed by atoms with van der Waals surface area (Å²) in [5.74, 6) is 0. The topological polar surface area (TPSA) is 26.7 Å². The third-order valence-corrected chi connectivity index (χ3v) is 3.10. The number of nitrogens with zero attached hydrogens (tertiary/aromatic N) is 2. The van der Waals surface area contributed by atoms with Gasteiger partial charge in [-0.25, -0.2) is 0 Å². The Hall–Kier alpha value is -0.120. The van der Waals surface area contributed by atoms with Crippen LogP contribution in [0.2, 0.25) is 0 Å². The summed E-state index contributed by atoms with van der Waals surface area (Å²) in [5.41, 5.74) is 0. The first-order chi connectivity index (χ1) is 6.27.